The van der Waals surface area contributed by atoms with Crippen molar-refractivity contribution in [3.63, 3.8) is 0 Å². The van der Waals surface area contributed by atoms with E-state index in [4.69, 9.17) is 18.9 Å². The minimum atomic E-state index is -4.58. The van der Waals surface area contributed by atoms with E-state index in [1.807, 2.05) is 4.90 Å². The first kappa shape index (κ1) is 24.4. The van der Waals surface area contributed by atoms with E-state index in [0.29, 0.717) is 49.1 Å². The number of hydrogen-bond acceptors (Lipinski definition) is 7. The van der Waals surface area contributed by atoms with Crippen LogP contribution in [-0.2, 0) is 25.2 Å². The van der Waals surface area contributed by atoms with Gasteiger partial charge in [0.15, 0.2) is 17.6 Å². The average molecular weight is 492 g/mol. The molecule has 4 rings (SSSR count). The number of carbonyl (C=O) groups excluding carboxylic acids is 2. The van der Waals surface area contributed by atoms with Gasteiger partial charge in [0, 0.05) is 19.2 Å². The highest BCUT2D eigenvalue weighted by Crippen LogP contribution is 2.36. The van der Waals surface area contributed by atoms with Crippen molar-refractivity contribution in [3.05, 3.63) is 53.6 Å². The summed E-state index contributed by atoms with van der Waals surface area (Å²) in [5.41, 5.74) is 0.157. The van der Waals surface area contributed by atoms with Gasteiger partial charge < -0.3 is 29.2 Å². The Morgan fingerprint density at radius 2 is 1.83 bits per heavy atom. The van der Waals surface area contributed by atoms with Crippen LogP contribution in [-0.4, -0.2) is 51.1 Å². The largest absolute Gasteiger partial charge is 0.454 e. The lowest BCUT2D eigenvalue weighted by molar-refractivity contribution is -0.148. The molecule has 186 valence electrons. The zero-order valence-corrected chi connectivity index (χ0v) is 18.8. The number of anilines is 2. The molecule has 11 heteroatoms. The summed E-state index contributed by atoms with van der Waals surface area (Å²) in [5.74, 6) is -0.405. The van der Waals surface area contributed by atoms with Crippen molar-refractivity contribution in [1.82, 2.24) is 0 Å². The smallest absolute Gasteiger partial charge is 0.416 e. The maximum absolute atomic E-state index is 13.3. The average Bonchev–Trinajstić information content (AvgIpc) is 3.30. The van der Waals surface area contributed by atoms with Crippen LogP contribution < -0.4 is 19.7 Å². The summed E-state index contributed by atoms with van der Waals surface area (Å²) >= 11 is 0. The molecule has 0 aliphatic carbocycles. The molecule has 1 saturated heterocycles. The highest BCUT2D eigenvalue weighted by atomic mass is 19.4. The number of morpholine rings is 1. The molecule has 1 amide bonds. The summed E-state index contributed by atoms with van der Waals surface area (Å²) in [7, 11) is 0. The third-order valence-electron chi connectivity index (χ3n) is 5.40. The first-order valence-corrected chi connectivity index (χ1v) is 10.8. The van der Waals surface area contributed by atoms with E-state index in [-0.39, 0.29) is 12.5 Å². The summed E-state index contributed by atoms with van der Waals surface area (Å²) in [4.78, 5) is 26.7. The predicted octanol–water partition coefficient (Wildman–Crippen LogP) is 3.85. The molecule has 0 saturated carbocycles. The van der Waals surface area contributed by atoms with Crippen LogP contribution in [0.5, 0.6) is 11.5 Å². The van der Waals surface area contributed by atoms with Crippen LogP contribution in [0.15, 0.2) is 42.5 Å². The highest BCUT2D eigenvalue weighted by Gasteiger charge is 2.32. The van der Waals surface area contributed by atoms with Crippen LogP contribution in [0.4, 0.5) is 24.5 Å². The SMILES string of the molecule is CC(OC(=O)/C=C/c1ccc2c(c1)OCO2)C(=O)Nc1cc(C(F)(F)F)ccc1N1CCOCC1. The van der Waals surface area contributed by atoms with Crippen molar-refractivity contribution in [2.24, 2.45) is 0 Å². The number of ether oxygens (including phenoxy) is 4. The van der Waals surface area contributed by atoms with Gasteiger partial charge in [-0.05, 0) is 48.9 Å². The van der Waals surface area contributed by atoms with Crippen molar-refractivity contribution >= 4 is 29.3 Å². The van der Waals surface area contributed by atoms with Crippen LogP contribution in [0.25, 0.3) is 6.08 Å². The molecule has 1 N–H and O–H groups in total. The molecular formula is C24H23F3N2O6. The minimum absolute atomic E-state index is 0.0227. The summed E-state index contributed by atoms with van der Waals surface area (Å²) in [6.45, 7) is 3.21. The maximum Gasteiger partial charge on any atom is 0.416 e. The second-order valence-electron chi connectivity index (χ2n) is 7.84. The number of amides is 1. The fraction of sp³-hybridized carbons (Fsp3) is 0.333. The summed E-state index contributed by atoms with van der Waals surface area (Å²) < 4.78 is 60.7. The van der Waals surface area contributed by atoms with Gasteiger partial charge in [0.1, 0.15) is 0 Å². The van der Waals surface area contributed by atoms with Crippen LogP contribution in [0.3, 0.4) is 0 Å². The first-order valence-electron chi connectivity index (χ1n) is 10.8. The Bertz CT molecular complexity index is 1130. The Kier molecular flexibility index (Phi) is 7.15. The third-order valence-corrected chi connectivity index (χ3v) is 5.40. The summed E-state index contributed by atoms with van der Waals surface area (Å²) in [5, 5.41) is 2.47. The van der Waals surface area contributed by atoms with Crippen molar-refractivity contribution in [1.29, 1.82) is 0 Å². The lowest BCUT2D eigenvalue weighted by Gasteiger charge is -2.31. The molecule has 2 aliphatic heterocycles. The Labute approximate surface area is 199 Å². The molecule has 2 aliphatic rings. The zero-order valence-electron chi connectivity index (χ0n) is 18.8. The molecule has 2 heterocycles. The molecule has 1 fully saturated rings. The normalized spacial score (nSPS) is 16.3. The standard InChI is InChI=1S/C24H23F3N2O6/c1-15(35-22(30)7-3-16-2-6-20-21(12-16)34-14-33-20)23(31)28-18-13-17(24(25,26)27)4-5-19(18)29-8-10-32-11-9-29/h2-7,12-13,15H,8-11,14H2,1H3,(H,28,31)/b7-3+. The second kappa shape index (κ2) is 10.3. The van der Waals surface area contributed by atoms with Gasteiger partial charge in [0.05, 0.1) is 30.2 Å². The van der Waals surface area contributed by atoms with Crippen LogP contribution >= 0.6 is 0 Å². The predicted molar refractivity (Wildman–Crippen MR) is 120 cm³/mol. The molecule has 8 nitrogen and oxygen atoms in total. The van der Waals surface area contributed by atoms with E-state index in [2.05, 4.69) is 5.32 Å². The van der Waals surface area contributed by atoms with E-state index in [0.717, 1.165) is 18.2 Å². The number of esters is 1. The van der Waals surface area contributed by atoms with Crippen LogP contribution in [0.2, 0.25) is 0 Å². The molecule has 2 aromatic rings. The van der Waals surface area contributed by atoms with Gasteiger partial charge in [-0.3, -0.25) is 4.79 Å². The molecule has 1 atom stereocenters. The van der Waals surface area contributed by atoms with Gasteiger partial charge in [0.2, 0.25) is 6.79 Å². The van der Waals surface area contributed by atoms with Gasteiger partial charge in [-0.25, -0.2) is 4.79 Å². The number of fused-ring (bicyclic) bond motifs is 1. The number of nitrogens with zero attached hydrogens (tertiary/aromatic N) is 1. The number of hydrogen-bond donors (Lipinski definition) is 1. The van der Waals surface area contributed by atoms with E-state index in [9.17, 15) is 22.8 Å². The van der Waals surface area contributed by atoms with Crippen molar-refractivity contribution < 1.29 is 41.7 Å². The lowest BCUT2D eigenvalue weighted by atomic mass is 10.1. The monoisotopic (exact) mass is 492 g/mol. The Morgan fingerprint density at radius 1 is 1.09 bits per heavy atom. The fourth-order valence-corrected chi connectivity index (χ4v) is 3.57. The molecule has 0 spiro atoms. The number of halogens is 3. The molecule has 35 heavy (non-hydrogen) atoms. The topological polar surface area (TPSA) is 86.3 Å². The third kappa shape index (κ3) is 6.04. The molecular weight excluding hydrogens is 469 g/mol. The van der Waals surface area contributed by atoms with E-state index < -0.39 is 29.7 Å². The van der Waals surface area contributed by atoms with Gasteiger partial charge in [-0.15, -0.1) is 0 Å². The fourth-order valence-electron chi connectivity index (χ4n) is 3.57. The highest BCUT2D eigenvalue weighted by molar-refractivity contribution is 5.99. The number of alkyl halides is 3. The second-order valence-corrected chi connectivity index (χ2v) is 7.84. The number of carbonyl (C=O) groups is 2. The minimum Gasteiger partial charge on any atom is -0.454 e. The summed E-state index contributed by atoms with van der Waals surface area (Å²) in [6, 6.07) is 8.25. The van der Waals surface area contributed by atoms with Crippen molar-refractivity contribution in [3.8, 4) is 11.5 Å². The van der Waals surface area contributed by atoms with Crippen LogP contribution in [0, 0.1) is 0 Å². The molecule has 0 bridgehead atoms. The van der Waals surface area contributed by atoms with Gasteiger partial charge >= 0.3 is 12.1 Å². The van der Waals surface area contributed by atoms with E-state index in [1.54, 1.807) is 18.2 Å². The van der Waals surface area contributed by atoms with Crippen molar-refractivity contribution in [2.75, 3.05) is 43.3 Å². The van der Waals surface area contributed by atoms with Crippen molar-refractivity contribution in [2.45, 2.75) is 19.2 Å². The molecule has 2 aromatic carbocycles. The number of nitrogens with one attached hydrogen (secondary N) is 1. The summed E-state index contributed by atoms with van der Waals surface area (Å²) in [6.07, 6.45) is -3.21. The van der Waals surface area contributed by atoms with E-state index >= 15 is 0 Å². The Morgan fingerprint density at radius 3 is 2.57 bits per heavy atom. The van der Waals surface area contributed by atoms with E-state index in [1.165, 1.54) is 19.1 Å². The maximum atomic E-state index is 13.3. The first-order chi connectivity index (χ1) is 16.7. The number of benzene rings is 2. The Hall–Kier alpha value is -3.73. The zero-order chi connectivity index (χ0) is 25.0. The van der Waals surface area contributed by atoms with Crippen LogP contribution in [0.1, 0.15) is 18.1 Å². The quantitative estimate of drug-likeness (QED) is 0.484. The van der Waals surface area contributed by atoms with Gasteiger partial charge in [0.25, 0.3) is 5.91 Å². The number of rotatable bonds is 6. The lowest BCUT2D eigenvalue weighted by Crippen LogP contribution is -2.37. The van der Waals surface area contributed by atoms with Gasteiger partial charge in [-0.2, -0.15) is 13.2 Å². The Balaban J connectivity index is 1.42. The molecule has 0 radical (unpaired) electrons. The van der Waals surface area contributed by atoms with Gasteiger partial charge in [-0.1, -0.05) is 6.07 Å². The molecule has 1 unspecified atom stereocenters. The molecule has 0 aromatic heterocycles.